The third-order valence-corrected chi connectivity index (χ3v) is 4.98. The first-order valence-corrected chi connectivity index (χ1v) is 8.64. The lowest BCUT2D eigenvalue weighted by molar-refractivity contribution is 0.0239. The Morgan fingerprint density at radius 3 is 2.80 bits per heavy atom. The van der Waals surface area contributed by atoms with Gasteiger partial charge >= 0.3 is 0 Å². The molecule has 1 aliphatic carbocycles. The molecular formula is C20H21N3O2. The largest absolute Gasteiger partial charge is 0.393 e. The lowest BCUT2D eigenvalue weighted by Gasteiger charge is -2.38. The molecule has 1 fully saturated rings. The van der Waals surface area contributed by atoms with E-state index in [0.29, 0.717) is 11.5 Å². The van der Waals surface area contributed by atoms with E-state index in [1.807, 2.05) is 34.9 Å². The zero-order valence-electron chi connectivity index (χ0n) is 13.9. The van der Waals surface area contributed by atoms with Crippen LogP contribution in [0.4, 0.5) is 0 Å². The normalized spacial score (nSPS) is 20.8. The minimum absolute atomic E-state index is 0.0248. The van der Waals surface area contributed by atoms with Gasteiger partial charge < -0.3 is 14.8 Å². The number of hydrogen-bond donors (Lipinski definition) is 2. The highest BCUT2D eigenvalue weighted by molar-refractivity contribution is 5.94. The van der Waals surface area contributed by atoms with E-state index >= 15 is 0 Å². The van der Waals surface area contributed by atoms with Crippen molar-refractivity contribution in [2.75, 3.05) is 0 Å². The lowest BCUT2D eigenvalue weighted by Crippen LogP contribution is -2.48. The molecule has 1 amide bonds. The van der Waals surface area contributed by atoms with Crippen LogP contribution in [0.25, 0.3) is 5.65 Å². The first-order chi connectivity index (χ1) is 12.2. The van der Waals surface area contributed by atoms with Gasteiger partial charge in [0.25, 0.3) is 5.91 Å². The zero-order valence-corrected chi connectivity index (χ0v) is 13.9. The Labute approximate surface area is 146 Å². The predicted molar refractivity (Wildman–Crippen MR) is 95.3 cm³/mol. The minimum Gasteiger partial charge on any atom is -0.393 e. The van der Waals surface area contributed by atoms with Crippen LogP contribution in [0.15, 0.2) is 61.1 Å². The Hall–Kier alpha value is -2.66. The van der Waals surface area contributed by atoms with Crippen LogP contribution in [0.2, 0.25) is 0 Å². The quantitative estimate of drug-likeness (QED) is 0.753. The number of aliphatic hydroxyl groups excluding tert-OH is 1. The van der Waals surface area contributed by atoms with E-state index in [-0.39, 0.29) is 18.1 Å². The van der Waals surface area contributed by atoms with E-state index in [0.717, 1.165) is 24.9 Å². The van der Waals surface area contributed by atoms with Gasteiger partial charge in [-0.05, 0) is 42.9 Å². The first kappa shape index (κ1) is 15.8. The summed E-state index contributed by atoms with van der Waals surface area (Å²) in [6, 6.07) is 13.8. The molecule has 4 rings (SSSR count). The Morgan fingerprint density at radius 1 is 1.24 bits per heavy atom. The molecule has 0 radical (unpaired) electrons. The number of aromatic nitrogens is 2. The number of fused-ring (bicyclic) bond motifs is 1. The molecule has 5 heteroatoms. The van der Waals surface area contributed by atoms with Crippen molar-refractivity contribution < 1.29 is 9.90 Å². The number of carbonyl (C=O) groups is 1. The summed E-state index contributed by atoms with van der Waals surface area (Å²) in [6.45, 7) is 0. The summed E-state index contributed by atoms with van der Waals surface area (Å²) in [7, 11) is 0. The van der Waals surface area contributed by atoms with Crippen LogP contribution >= 0.6 is 0 Å². The van der Waals surface area contributed by atoms with Crippen LogP contribution in [0.3, 0.4) is 0 Å². The second-order valence-corrected chi connectivity index (χ2v) is 6.77. The second-order valence-electron chi connectivity index (χ2n) is 6.77. The van der Waals surface area contributed by atoms with Crippen LogP contribution in [0.1, 0.15) is 28.8 Å². The summed E-state index contributed by atoms with van der Waals surface area (Å²) in [5.41, 5.74) is 2.63. The number of nitrogens with zero attached hydrogens (tertiary/aromatic N) is 2. The molecule has 2 aromatic heterocycles. The maximum absolute atomic E-state index is 12.7. The van der Waals surface area contributed by atoms with Gasteiger partial charge in [0, 0.05) is 24.6 Å². The van der Waals surface area contributed by atoms with Gasteiger partial charge in [-0.1, -0.05) is 30.3 Å². The molecule has 2 heterocycles. The summed E-state index contributed by atoms with van der Waals surface area (Å²) < 4.78 is 1.84. The molecule has 128 valence electrons. The van der Waals surface area contributed by atoms with E-state index < -0.39 is 0 Å². The van der Waals surface area contributed by atoms with Crippen LogP contribution in [0.5, 0.6) is 0 Å². The highest BCUT2D eigenvalue weighted by atomic mass is 16.3. The Bertz CT molecular complexity index is 869. The first-order valence-electron chi connectivity index (χ1n) is 8.64. The predicted octanol–water partition coefficient (Wildman–Crippen LogP) is 2.45. The molecule has 25 heavy (non-hydrogen) atoms. The van der Waals surface area contributed by atoms with Gasteiger partial charge in [0.2, 0.25) is 0 Å². The van der Waals surface area contributed by atoms with Crippen molar-refractivity contribution in [3.63, 3.8) is 0 Å². The van der Waals surface area contributed by atoms with E-state index in [9.17, 15) is 9.90 Å². The number of benzene rings is 1. The van der Waals surface area contributed by atoms with Gasteiger partial charge in [-0.25, -0.2) is 4.98 Å². The van der Waals surface area contributed by atoms with Crippen molar-refractivity contribution in [3.8, 4) is 0 Å². The molecule has 0 spiro atoms. The molecule has 3 aromatic rings. The van der Waals surface area contributed by atoms with Crippen LogP contribution in [0, 0.1) is 5.92 Å². The molecule has 5 nitrogen and oxygen atoms in total. The number of carbonyl (C=O) groups excluding carboxylic acids is 1. The SMILES string of the molecule is O=C(N[C@H](Cc1ccccc1)C1CC(O)C1)c1ccc2nccn2c1. The Kier molecular flexibility index (Phi) is 4.24. The molecule has 1 atom stereocenters. The number of imidazole rings is 1. The summed E-state index contributed by atoms with van der Waals surface area (Å²) in [5.74, 6) is 0.231. The van der Waals surface area contributed by atoms with Crippen molar-refractivity contribution in [2.24, 2.45) is 5.92 Å². The highest BCUT2D eigenvalue weighted by Gasteiger charge is 2.34. The maximum atomic E-state index is 12.7. The fraction of sp³-hybridized carbons (Fsp3) is 0.300. The molecule has 0 aliphatic heterocycles. The second kappa shape index (κ2) is 6.69. The fourth-order valence-electron chi connectivity index (χ4n) is 3.47. The standard InChI is InChI=1S/C20H21N3O2/c24-17-11-16(12-17)18(10-14-4-2-1-3-5-14)22-20(25)15-6-7-19-21-8-9-23(19)13-15/h1-9,13,16-18,24H,10-12H2,(H,22,25)/t16?,17?,18-/m1/s1. The van der Waals surface area contributed by atoms with Gasteiger partial charge in [-0.15, -0.1) is 0 Å². The number of hydrogen-bond acceptors (Lipinski definition) is 3. The Morgan fingerprint density at radius 2 is 2.04 bits per heavy atom. The number of amides is 1. The number of pyridine rings is 1. The topological polar surface area (TPSA) is 66.6 Å². The fourth-order valence-corrected chi connectivity index (χ4v) is 3.47. The molecule has 1 saturated carbocycles. The van der Waals surface area contributed by atoms with Gasteiger partial charge in [-0.2, -0.15) is 0 Å². The van der Waals surface area contributed by atoms with Gasteiger partial charge in [-0.3, -0.25) is 4.79 Å². The van der Waals surface area contributed by atoms with Crippen molar-refractivity contribution in [1.82, 2.24) is 14.7 Å². The van der Waals surface area contributed by atoms with E-state index in [1.165, 1.54) is 5.56 Å². The highest BCUT2D eigenvalue weighted by Crippen LogP contribution is 2.32. The van der Waals surface area contributed by atoms with E-state index in [4.69, 9.17) is 0 Å². The van der Waals surface area contributed by atoms with Crippen molar-refractivity contribution in [2.45, 2.75) is 31.4 Å². The van der Waals surface area contributed by atoms with Gasteiger partial charge in [0.05, 0.1) is 11.7 Å². The van der Waals surface area contributed by atoms with Crippen LogP contribution in [-0.4, -0.2) is 32.5 Å². The zero-order chi connectivity index (χ0) is 17.2. The number of aliphatic hydroxyl groups is 1. The maximum Gasteiger partial charge on any atom is 0.253 e. The summed E-state index contributed by atoms with van der Waals surface area (Å²) in [6.07, 6.45) is 7.38. The van der Waals surface area contributed by atoms with Crippen molar-refractivity contribution in [1.29, 1.82) is 0 Å². The lowest BCUT2D eigenvalue weighted by atomic mass is 9.75. The van der Waals surface area contributed by atoms with Gasteiger partial charge in [0.1, 0.15) is 5.65 Å². The smallest absolute Gasteiger partial charge is 0.253 e. The molecule has 1 aromatic carbocycles. The van der Waals surface area contributed by atoms with Crippen molar-refractivity contribution >= 4 is 11.6 Å². The average molecular weight is 335 g/mol. The molecule has 2 N–H and O–H groups in total. The van der Waals surface area contributed by atoms with E-state index in [2.05, 4.69) is 22.4 Å². The molecule has 0 unspecified atom stereocenters. The Balaban J connectivity index is 1.51. The van der Waals surface area contributed by atoms with Crippen LogP contribution < -0.4 is 5.32 Å². The monoisotopic (exact) mass is 335 g/mol. The van der Waals surface area contributed by atoms with Gasteiger partial charge in [0.15, 0.2) is 0 Å². The number of rotatable bonds is 5. The molecule has 0 saturated heterocycles. The molecule has 1 aliphatic rings. The third-order valence-electron chi connectivity index (χ3n) is 4.98. The average Bonchev–Trinajstić information content (AvgIpc) is 3.07. The molecular weight excluding hydrogens is 314 g/mol. The summed E-state index contributed by atoms with van der Waals surface area (Å²) in [4.78, 5) is 16.9. The minimum atomic E-state index is -0.234. The summed E-state index contributed by atoms with van der Waals surface area (Å²) in [5, 5.41) is 12.8. The van der Waals surface area contributed by atoms with Crippen molar-refractivity contribution in [3.05, 3.63) is 72.2 Å². The van der Waals surface area contributed by atoms with E-state index in [1.54, 1.807) is 18.5 Å². The third kappa shape index (κ3) is 3.42. The summed E-state index contributed by atoms with van der Waals surface area (Å²) >= 11 is 0. The number of nitrogens with one attached hydrogen (secondary N) is 1. The molecule has 0 bridgehead atoms. The van der Waals surface area contributed by atoms with Crippen LogP contribution in [-0.2, 0) is 6.42 Å².